The van der Waals surface area contributed by atoms with E-state index in [1.165, 1.54) is 6.07 Å². The van der Waals surface area contributed by atoms with Gasteiger partial charge in [-0.25, -0.2) is 4.79 Å². The maximum absolute atomic E-state index is 10.8. The Kier molecular flexibility index (Phi) is 3.87. The van der Waals surface area contributed by atoms with Crippen molar-refractivity contribution in [3.8, 4) is 0 Å². The molecule has 18 heavy (non-hydrogen) atoms. The maximum atomic E-state index is 10.8. The molecule has 7 nitrogen and oxygen atoms in total. The van der Waals surface area contributed by atoms with E-state index in [1.54, 1.807) is 13.8 Å². The number of hydrogen-bond donors (Lipinski definition) is 3. The Hall–Kier alpha value is -2.15. The van der Waals surface area contributed by atoms with Gasteiger partial charge in [0, 0.05) is 11.8 Å². The molecule has 0 amide bonds. The highest BCUT2D eigenvalue weighted by molar-refractivity contribution is 5.93. The number of nitrogens with zero attached hydrogens (tertiary/aromatic N) is 1. The molecule has 1 aromatic carbocycles. The number of carboxylic acids is 1. The molecule has 1 aromatic rings. The van der Waals surface area contributed by atoms with Gasteiger partial charge in [0.15, 0.2) is 0 Å². The molecule has 98 valence electrons. The van der Waals surface area contributed by atoms with Crippen LogP contribution >= 0.6 is 0 Å². The summed E-state index contributed by atoms with van der Waals surface area (Å²) in [6.07, 6.45) is 0. The second kappa shape index (κ2) is 5.01. The first kappa shape index (κ1) is 13.9. The Labute approximate surface area is 103 Å². The molecule has 0 atom stereocenters. The van der Waals surface area contributed by atoms with Crippen LogP contribution in [0.3, 0.4) is 0 Å². The summed E-state index contributed by atoms with van der Waals surface area (Å²) in [6.45, 7) is 3.26. The van der Waals surface area contributed by atoms with Gasteiger partial charge >= 0.3 is 5.97 Å². The highest BCUT2D eigenvalue weighted by Gasteiger charge is 2.22. The quantitative estimate of drug-likeness (QED) is 0.541. The monoisotopic (exact) mass is 254 g/mol. The van der Waals surface area contributed by atoms with E-state index in [1.807, 2.05) is 0 Å². The molecule has 0 aliphatic carbocycles. The zero-order valence-corrected chi connectivity index (χ0v) is 10.0. The Bertz CT molecular complexity index is 484. The Morgan fingerprint density at radius 2 is 2.11 bits per heavy atom. The third kappa shape index (κ3) is 3.17. The Morgan fingerprint density at radius 1 is 1.50 bits per heavy atom. The topological polar surface area (TPSA) is 113 Å². The van der Waals surface area contributed by atoms with E-state index in [2.05, 4.69) is 5.32 Å². The van der Waals surface area contributed by atoms with Crippen molar-refractivity contribution in [3.05, 3.63) is 33.9 Å². The number of nitro groups is 1. The number of carboxylic acid groups (broad SMARTS) is 1. The summed E-state index contributed by atoms with van der Waals surface area (Å²) in [5.41, 5.74) is -1.13. The highest BCUT2D eigenvalue weighted by Crippen LogP contribution is 2.25. The number of benzene rings is 1. The van der Waals surface area contributed by atoms with E-state index in [0.717, 1.165) is 12.1 Å². The molecule has 7 heteroatoms. The van der Waals surface area contributed by atoms with Gasteiger partial charge in [0.2, 0.25) is 0 Å². The number of hydrogen-bond acceptors (Lipinski definition) is 5. The van der Waals surface area contributed by atoms with Gasteiger partial charge in [0.05, 0.1) is 17.1 Å². The number of anilines is 1. The largest absolute Gasteiger partial charge is 0.477 e. The second-order valence-electron chi connectivity index (χ2n) is 4.46. The third-order valence-corrected chi connectivity index (χ3v) is 2.30. The minimum absolute atomic E-state index is 0.165. The molecule has 0 aromatic heterocycles. The van der Waals surface area contributed by atoms with E-state index in [4.69, 9.17) is 10.2 Å². The molecule has 0 heterocycles. The van der Waals surface area contributed by atoms with Crippen molar-refractivity contribution in [3.63, 3.8) is 0 Å². The van der Waals surface area contributed by atoms with Crippen LogP contribution in [-0.2, 0) is 0 Å². The van der Waals surface area contributed by atoms with Gasteiger partial charge in [-0.2, -0.15) is 0 Å². The first-order chi connectivity index (χ1) is 8.26. The predicted molar refractivity (Wildman–Crippen MR) is 64.8 cm³/mol. The number of rotatable bonds is 5. The van der Waals surface area contributed by atoms with Gasteiger partial charge in [-0.15, -0.1) is 0 Å². The molecule has 0 fully saturated rings. The van der Waals surface area contributed by atoms with Crippen LogP contribution in [0.15, 0.2) is 18.2 Å². The van der Waals surface area contributed by atoms with Gasteiger partial charge in [-0.3, -0.25) is 10.1 Å². The number of nitro benzene ring substituents is 1. The third-order valence-electron chi connectivity index (χ3n) is 2.30. The summed E-state index contributed by atoms with van der Waals surface area (Å²) in [7, 11) is 0. The molecule has 0 saturated heterocycles. The first-order valence-electron chi connectivity index (χ1n) is 5.17. The molecule has 0 saturated carbocycles. The fourth-order valence-corrected chi connectivity index (χ4v) is 1.37. The van der Waals surface area contributed by atoms with Crippen molar-refractivity contribution in [2.24, 2.45) is 0 Å². The molecule has 0 unspecified atom stereocenters. The van der Waals surface area contributed by atoms with Crippen molar-refractivity contribution in [1.29, 1.82) is 0 Å². The SMILES string of the molecule is CC(C)(CO)Nc1ccc(C(=O)O)c([N+](=O)[O-])c1. The van der Waals surface area contributed by atoms with Crippen LogP contribution in [0.25, 0.3) is 0 Å². The highest BCUT2D eigenvalue weighted by atomic mass is 16.6. The Balaban J connectivity index is 3.16. The van der Waals surface area contributed by atoms with Crippen LogP contribution in [0, 0.1) is 10.1 Å². The summed E-state index contributed by atoms with van der Waals surface area (Å²) in [5.74, 6) is -1.35. The molecule has 0 aliphatic rings. The van der Waals surface area contributed by atoms with Crippen LogP contribution < -0.4 is 5.32 Å². The lowest BCUT2D eigenvalue weighted by Gasteiger charge is -2.24. The fourth-order valence-electron chi connectivity index (χ4n) is 1.37. The molecule has 1 rings (SSSR count). The zero-order chi connectivity index (χ0) is 13.9. The summed E-state index contributed by atoms with van der Waals surface area (Å²) >= 11 is 0. The van der Waals surface area contributed by atoms with Crippen LogP contribution in [-0.4, -0.2) is 33.3 Å². The van der Waals surface area contributed by atoms with E-state index in [9.17, 15) is 14.9 Å². The van der Waals surface area contributed by atoms with E-state index >= 15 is 0 Å². The molecule has 0 bridgehead atoms. The minimum atomic E-state index is -1.35. The van der Waals surface area contributed by atoms with Crippen LogP contribution in [0.5, 0.6) is 0 Å². The summed E-state index contributed by atoms with van der Waals surface area (Å²) < 4.78 is 0. The van der Waals surface area contributed by atoms with E-state index in [-0.39, 0.29) is 12.2 Å². The zero-order valence-electron chi connectivity index (χ0n) is 10.0. The normalized spacial score (nSPS) is 11.1. The fraction of sp³-hybridized carbons (Fsp3) is 0.364. The summed E-state index contributed by atoms with van der Waals surface area (Å²) in [6, 6.07) is 3.73. The van der Waals surface area contributed by atoms with Gasteiger partial charge < -0.3 is 15.5 Å². The van der Waals surface area contributed by atoms with Gasteiger partial charge in [-0.05, 0) is 26.0 Å². The summed E-state index contributed by atoms with van der Waals surface area (Å²) in [4.78, 5) is 20.8. The molecule has 0 aliphatic heterocycles. The Morgan fingerprint density at radius 3 is 2.56 bits per heavy atom. The molecule has 3 N–H and O–H groups in total. The molecular weight excluding hydrogens is 240 g/mol. The van der Waals surface area contributed by atoms with Crippen LogP contribution in [0.1, 0.15) is 24.2 Å². The van der Waals surface area contributed by atoms with Crippen molar-refractivity contribution < 1.29 is 19.9 Å². The number of aliphatic hydroxyl groups is 1. The molecule has 0 radical (unpaired) electrons. The number of nitrogens with one attached hydrogen (secondary N) is 1. The van der Waals surface area contributed by atoms with Crippen LogP contribution in [0.4, 0.5) is 11.4 Å². The second-order valence-corrected chi connectivity index (χ2v) is 4.46. The standard InChI is InChI=1S/C11H14N2O5/c1-11(2,6-14)12-7-3-4-8(10(15)16)9(5-7)13(17)18/h3-5,12,14H,6H2,1-2H3,(H,15,16). The molecular formula is C11H14N2O5. The number of carbonyl (C=O) groups is 1. The van der Waals surface area contributed by atoms with E-state index < -0.39 is 22.1 Å². The lowest BCUT2D eigenvalue weighted by Crippen LogP contribution is -2.34. The number of aliphatic hydroxyl groups excluding tert-OH is 1. The maximum Gasteiger partial charge on any atom is 0.342 e. The van der Waals surface area contributed by atoms with Gasteiger partial charge in [-0.1, -0.05) is 0 Å². The van der Waals surface area contributed by atoms with Crippen molar-refractivity contribution in [1.82, 2.24) is 0 Å². The minimum Gasteiger partial charge on any atom is -0.477 e. The average Bonchev–Trinajstić information content (AvgIpc) is 2.28. The van der Waals surface area contributed by atoms with Crippen molar-refractivity contribution in [2.45, 2.75) is 19.4 Å². The average molecular weight is 254 g/mol. The lowest BCUT2D eigenvalue weighted by molar-refractivity contribution is -0.385. The van der Waals surface area contributed by atoms with Gasteiger partial charge in [0.25, 0.3) is 5.69 Å². The number of aromatic carboxylic acids is 1. The predicted octanol–water partition coefficient (Wildman–Crippen LogP) is 1.48. The van der Waals surface area contributed by atoms with Crippen LogP contribution in [0.2, 0.25) is 0 Å². The van der Waals surface area contributed by atoms with Crippen molar-refractivity contribution in [2.75, 3.05) is 11.9 Å². The van der Waals surface area contributed by atoms with E-state index in [0.29, 0.717) is 5.69 Å². The molecule has 0 spiro atoms. The summed E-state index contributed by atoms with van der Waals surface area (Å²) in [5, 5.41) is 31.6. The first-order valence-corrected chi connectivity index (χ1v) is 5.17. The lowest BCUT2D eigenvalue weighted by atomic mass is 10.1. The smallest absolute Gasteiger partial charge is 0.342 e. The van der Waals surface area contributed by atoms with Gasteiger partial charge in [0.1, 0.15) is 5.56 Å². The van der Waals surface area contributed by atoms with Crippen molar-refractivity contribution >= 4 is 17.3 Å².